The summed E-state index contributed by atoms with van der Waals surface area (Å²) < 4.78 is 112. The molecule has 0 saturated carbocycles. The molecule has 53 heavy (non-hydrogen) atoms. The summed E-state index contributed by atoms with van der Waals surface area (Å²) in [6, 6.07) is 14.4. The molecule has 0 heterocycles. The van der Waals surface area contributed by atoms with E-state index >= 15 is 0 Å². The maximum atomic E-state index is 12.1. The lowest BCUT2D eigenvalue weighted by Gasteiger charge is -2.09. The van der Waals surface area contributed by atoms with E-state index in [9.17, 15) is 16.8 Å². The van der Waals surface area contributed by atoms with Crippen molar-refractivity contribution in [1.82, 2.24) is 0 Å². The molecule has 0 spiro atoms. The van der Waals surface area contributed by atoms with Gasteiger partial charge in [-0.1, -0.05) is 35.9 Å². The fourth-order valence-corrected chi connectivity index (χ4v) is 5.72. The number of benzene rings is 2. The highest BCUT2D eigenvalue weighted by molar-refractivity contribution is 7.87. The van der Waals surface area contributed by atoms with Crippen LogP contribution in [-0.2, 0) is 76.0 Å². The molecule has 0 radical (unpaired) electrons. The van der Waals surface area contributed by atoms with Crippen LogP contribution in [0.5, 0.6) is 0 Å². The van der Waals surface area contributed by atoms with E-state index < -0.39 is 20.2 Å². The summed E-state index contributed by atoms with van der Waals surface area (Å²) in [7, 11) is -7.55. The van der Waals surface area contributed by atoms with Gasteiger partial charge in [-0.2, -0.15) is 16.8 Å². The van der Waals surface area contributed by atoms with Crippen LogP contribution in [0.4, 0.5) is 0 Å². The fourth-order valence-electron chi connectivity index (χ4n) is 3.91. The number of hydrogen-bond acceptors (Lipinski definition) is 16. The topological polar surface area (TPSA) is 179 Å². The van der Waals surface area contributed by atoms with Gasteiger partial charge in [0.05, 0.1) is 155 Å². The quantitative estimate of drug-likeness (QED) is 0.0718. The molecule has 0 N–H and O–H groups in total. The molecule has 0 fully saturated rings. The summed E-state index contributed by atoms with van der Waals surface area (Å²) in [6.07, 6.45) is 0. The number of aryl methyl sites for hydroxylation is 1. The number of hydrogen-bond donors (Lipinski definition) is 0. The van der Waals surface area contributed by atoms with Gasteiger partial charge in [-0.05, 0) is 31.2 Å². The average Bonchev–Trinajstić information content (AvgIpc) is 3.15. The monoisotopic (exact) mass is 796 g/mol. The van der Waals surface area contributed by atoms with Crippen molar-refractivity contribution in [3.05, 3.63) is 60.2 Å². The second kappa shape index (κ2) is 31.1. The standard InChI is InChI=1S/C35H56O16S2/c1-33-7-9-35(10-8-33)53(38,39)51-32-30-49-28-26-47-24-22-45-20-18-43-16-14-41-12-11-40-13-15-42-17-19-44-21-23-46-25-27-48-29-31-50-52(36,37)34-5-3-2-4-6-34/h2-10H,11-32H2,1H3. The maximum absolute atomic E-state index is 12.1. The Morgan fingerprint density at radius 2 is 0.547 bits per heavy atom. The highest BCUT2D eigenvalue weighted by atomic mass is 32.2. The number of rotatable bonds is 37. The number of ether oxygens (including phenoxy) is 10. The summed E-state index contributed by atoms with van der Waals surface area (Å²) in [5.74, 6) is 0. The molecular formula is C35H56O16S2. The van der Waals surface area contributed by atoms with Gasteiger partial charge >= 0.3 is 0 Å². The van der Waals surface area contributed by atoms with Crippen LogP contribution in [0.1, 0.15) is 5.56 Å². The third-order valence-electron chi connectivity index (χ3n) is 6.62. The van der Waals surface area contributed by atoms with Crippen LogP contribution < -0.4 is 0 Å². The largest absolute Gasteiger partial charge is 0.377 e. The first kappa shape index (κ1) is 47.0. The van der Waals surface area contributed by atoms with Gasteiger partial charge in [0.25, 0.3) is 20.2 Å². The van der Waals surface area contributed by atoms with Crippen LogP contribution in [0, 0.1) is 6.92 Å². The highest BCUT2D eigenvalue weighted by Crippen LogP contribution is 2.13. The Hall–Kier alpha value is -2.14. The Morgan fingerprint density at radius 1 is 0.321 bits per heavy atom. The van der Waals surface area contributed by atoms with Crippen molar-refractivity contribution in [1.29, 1.82) is 0 Å². The van der Waals surface area contributed by atoms with Crippen LogP contribution >= 0.6 is 0 Å². The predicted molar refractivity (Wildman–Crippen MR) is 192 cm³/mol. The van der Waals surface area contributed by atoms with E-state index in [0.29, 0.717) is 119 Å². The van der Waals surface area contributed by atoms with Crippen LogP contribution in [0.25, 0.3) is 0 Å². The Kier molecular flexibility index (Phi) is 27.6. The highest BCUT2D eigenvalue weighted by Gasteiger charge is 2.15. The maximum Gasteiger partial charge on any atom is 0.297 e. The zero-order chi connectivity index (χ0) is 38.1. The second-order valence-corrected chi connectivity index (χ2v) is 14.0. The molecule has 304 valence electrons. The zero-order valence-corrected chi connectivity index (χ0v) is 32.2. The molecule has 0 bridgehead atoms. The lowest BCUT2D eigenvalue weighted by Crippen LogP contribution is -2.16. The molecule has 0 aliphatic rings. The molecule has 18 heteroatoms. The van der Waals surface area contributed by atoms with Gasteiger partial charge in [0.1, 0.15) is 0 Å². The molecule has 0 saturated heterocycles. The SMILES string of the molecule is Cc1ccc(S(=O)(=O)OCCOCCOCCOCCOCCOCCOCCOCCOCCOCCOCCOS(=O)(=O)c2ccccc2)cc1. The van der Waals surface area contributed by atoms with Gasteiger partial charge in [0, 0.05) is 0 Å². The average molecular weight is 797 g/mol. The Morgan fingerprint density at radius 3 is 0.811 bits per heavy atom. The van der Waals surface area contributed by atoms with Crippen molar-refractivity contribution in [2.75, 3.05) is 145 Å². The van der Waals surface area contributed by atoms with Gasteiger partial charge in [-0.3, -0.25) is 8.37 Å². The molecule has 16 nitrogen and oxygen atoms in total. The Bertz CT molecular complexity index is 1350. The lowest BCUT2D eigenvalue weighted by molar-refractivity contribution is -0.0269. The minimum Gasteiger partial charge on any atom is -0.377 e. The predicted octanol–water partition coefficient (Wildman–Crippen LogP) is 2.27. The lowest BCUT2D eigenvalue weighted by atomic mass is 10.2. The summed E-state index contributed by atoms with van der Waals surface area (Å²) >= 11 is 0. The third kappa shape index (κ3) is 25.5. The zero-order valence-electron chi connectivity index (χ0n) is 30.6. The van der Waals surface area contributed by atoms with Crippen molar-refractivity contribution in [2.24, 2.45) is 0 Å². The molecule has 0 aliphatic carbocycles. The minimum absolute atomic E-state index is 0.0679. The summed E-state index contributed by atoms with van der Waals surface area (Å²) in [5, 5.41) is 0. The van der Waals surface area contributed by atoms with E-state index in [1.54, 1.807) is 30.3 Å². The molecule has 2 aromatic carbocycles. The molecule has 2 aromatic rings. The van der Waals surface area contributed by atoms with Crippen LogP contribution in [-0.4, -0.2) is 162 Å². The van der Waals surface area contributed by atoms with Gasteiger partial charge in [-0.25, -0.2) is 0 Å². The summed E-state index contributed by atoms with van der Waals surface area (Å²) in [5.41, 5.74) is 0.969. The second-order valence-electron chi connectivity index (χ2n) is 10.8. The molecule has 0 aromatic heterocycles. The van der Waals surface area contributed by atoms with Crippen LogP contribution in [0.15, 0.2) is 64.4 Å². The van der Waals surface area contributed by atoms with Gasteiger partial charge < -0.3 is 47.4 Å². The van der Waals surface area contributed by atoms with Crippen molar-refractivity contribution >= 4 is 20.2 Å². The molecule has 0 atom stereocenters. The molecule has 0 amide bonds. The van der Waals surface area contributed by atoms with Crippen LogP contribution in [0.2, 0.25) is 0 Å². The Balaban J connectivity index is 1.18. The van der Waals surface area contributed by atoms with E-state index in [2.05, 4.69) is 0 Å². The van der Waals surface area contributed by atoms with Gasteiger partial charge in [0.15, 0.2) is 0 Å². The molecular weight excluding hydrogens is 741 g/mol. The molecule has 0 unspecified atom stereocenters. The van der Waals surface area contributed by atoms with Gasteiger partial charge in [-0.15, -0.1) is 0 Å². The van der Waals surface area contributed by atoms with E-state index in [-0.39, 0.29) is 36.2 Å². The van der Waals surface area contributed by atoms with Crippen molar-refractivity contribution in [3.8, 4) is 0 Å². The van der Waals surface area contributed by atoms with Crippen LogP contribution in [0.3, 0.4) is 0 Å². The first-order valence-electron chi connectivity index (χ1n) is 17.5. The smallest absolute Gasteiger partial charge is 0.297 e. The molecule has 2 rings (SSSR count). The van der Waals surface area contributed by atoms with Gasteiger partial charge in [0.2, 0.25) is 0 Å². The van der Waals surface area contributed by atoms with Crippen molar-refractivity contribution in [2.45, 2.75) is 16.7 Å². The van der Waals surface area contributed by atoms with E-state index in [0.717, 1.165) is 5.56 Å². The fraction of sp³-hybridized carbons (Fsp3) is 0.657. The first-order valence-corrected chi connectivity index (χ1v) is 20.3. The third-order valence-corrected chi connectivity index (χ3v) is 9.27. The minimum atomic E-state index is -3.78. The normalized spacial score (nSPS) is 12.1. The van der Waals surface area contributed by atoms with E-state index in [4.69, 9.17) is 55.7 Å². The first-order chi connectivity index (χ1) is 25.8. The summed E-state index contributed by atoms with van der Waals surface area (Å²) in [4.78, 5) is 0.234. The van der Waals surface area contributed by atoms with Crippen molar-refractivity contribution in [3.63, 3.8) is 0 Å². The van der Waals surface area contributed by atoms with Crippen molar-refractivity contribution < 1.29 is 72.6 Å². The Labute approximate surface area is 314 Å². The summed E-state index contributed by atoms with van der Waals surface area (Å²) in [6.45, 7) is 9.54. The van der Waals surface area contributed by atoms with E-state index in [1.807, 2.05) is 6.92 Å². The van der Waals surface area contributed by atoms with E-state index in [1.165, 1.54) is 24.3 Å². The molecule has 0 aliphatic heterocycles.